The van der Waals surface area contributed by atoms with Crippen LogP contribution in [0, 0.1) is 0 Å². The number of urea groups is 1. The van der Waals surface area contributed by atoms with E-state index in [2.05, 4.69) is 39.2 Å². The molecule has 2 N–H and O–H groups in total. The van der Waals surface area contributed by atoms with E-state index in [1.807, 2.05) is 30.3 Å². The maximum atomic E-state index is 12.1. The number of nitrogens with one attached hydrogen (secondary N) is 2. The van der Waals surface area contributed by atoms with Gasteiger partial charge in [0.05, 0.1) is 0 Å². The molecular formula is C16H21N5O. The average Bonchev–Trinajstić information content (AvgIpc) is 2.91. The van der Waals surface area contributed by atoms with E-state index in [1.54, 1.807) is 0 Å². The Balaban J connectivity index is 1.62. The normalized spacial score (nSPS) is 17.1. The molecule has 0 spiro atoms. The number of aromatic nitrogens is 3. The van der Waals surface area contributed by atoms with Gasteiger partial charge in [0, 0.05) is 30.6 Å². The quantitative estimate of drug-likeness (QED) is 0.915. The molecule has 0 saturated heterocycles. The number of anilines is 1. The predicted molar refractivity (Wildman–Crippen MR) is 84.8 cm³/mol. The lowest BCUT2D eigenvalue weighted by Gasteiger charge is -2.26. The third kappa shape index (κ3) is 3.10. The number of hydrogen-bond donors (Lipinski definition) is 2. The molecule has 0 fully saturated rings. The number of rotatable bonds is 3. The molecule has 1 atom stereocenters. The van der Waals surface area contributed by atoms with Crippen LogP contribution in [0.25, 0.3) is 0 Å². The van der Waals surface area contributed by atoms with Gasteiger partial charge in [-0.1, -0.05) is 32.0 Å². The van der Waals surface area contributed by atoms with Crippen LogP contribution in [0.4, 0.5) is 10.5 Å². The number of amides is 2. The van der Waals surface area contributed by atoms with E-state index in [0.29, 0.717) is 5.92 Å². The number of fused-ring (bicyclic) bond motifs is 1. The van der Waals surface area contributed by atoms with Crippen LogP contribution in [0.1, 0.15) is 37.8 Å². The maximum Gasteiger partial charge on any atom is 0.319 e. The molecule has 0 aliphatic carbocycles. The number of benzene rings is 1. The van der Waals surface area contributed by atoms with Crippen LogP contribution in [0.2, 0.25) is 0 Å². The van der Waals surface area contributed by atoms with Gasteiger partial charge in [0.2, 0.25) is 0 Å². The van der Waals surface area contributed by atoms with E-state index >= 15 is 0 Å². The second-order valence-electron chi connectivity index (χ2n) is 5.94. The SMILES string of the molecule is CC(C)c1nnc2n1C[C@H](NC(=O)Nc1ccccc1)CC2. The zero-order valence-electron chi connectivity index (χ0n) is 12.9. The van der Waals surface area contributed by atoms with Crippen molar-refractivity contribution in [1.29, 1.82) is 0 Å². The molecule has 22 heavy (non-hydrogen) atoms. The second kappa shape index (κ2) is 6.17. The Kier molecular flexibility index (Phi) is 4.09. The van der Waals surface area contributed by atoms with Crippen molar-refractivity contribution in [2.45, 2.75) is 45.2 Å². The minimum atomic E-state index is -0.168. The topological polar surface area (TPSA) is 71.8 Å². The van der Waals surface area contributed by atoms with Crippen LogP contribution in [0.15, 0.2) is 30.3 Å². The van der Waals surface area contributed by atoms with Crippen LogP contribution in [-0.2, 0) is 13.0 Å². The van der Waals surface area contributed by atoms with Gasteiger partial charge in [0.25, 0.3) is 0 Å². The zero-order valence-corrected chi connectivity index (χ0v) is 12.9. The summed E-state index contributed by atoms with van der Waals surface area (Å²) in [7, 11) is 0. The number of para-hydroxylation sites is 1. The summed E-state index contributed by atoms with van der Waals surface area (Å²) in [6, 6.07) is 9.39. The van der Waals surface area contributed by atoms with Crippen LogP contribution in [0.5, 0.6) is 0 Å². The van der Waals surface area contributed by atoms with Gasteiger partial charge in [-0.05, 0) is 18.6 Å². The summed E-state index contributed by atoms with van der Waals surface area (Å²) in [4.78, 5) is 12.1. The van der Waals surface area contributed by atoms with Crippen LogP contribution < -0.4 is 10.6 Å². The highest BCUT2D eigenvalue weighted by Crippen LogP contribution is 2.20. The molecule has 0 radical (unpaired) electrons. The zero-order chi connectivity index (χ0) is 15.5. The minimum Gasteiger partial charge on any atom is -0.333 e. The molecule has 0 saturated carbocycles. The highest BCUT2D eigenvalue weighted by Gasteiger charge is 2.24. The highest BCUT2D eigenvalue weighted by molar-refractivity contribution is 5.89. The summed E-state index contributed by atoms with van der Waals surface area (Å²) >= 11 is 0. The molecule has 1 aromatic carbocycles. The van der Waals surface area contributed by atoms with Crippen molar-refractivity contribution in [2.75, 3.05) is 5.32 Å². The van der Waals surface area contributed by atoms with Gasteiger partial charge in [-0.15, -0.1) is 10.2 Å². The average molecular weight is 299 g/mol. The van der Waals surface area contributed by atoms with Crippen molar-refractivity contribution in [3.8, 4) is 0 Å². The van der Waals surface area contributed by atoms with E-state index < -0.39 is 0 Å². The molecule has 3 rings (SSSR count). The Morgan fingerprint density at radius 1 is 1.27 bits per heavy atom. The molecule has 6 nitrogen and oxygen atoms in total. The standard InChI is InChI=1S/C16H21N5O/c1-11(2)15-20-19-14-9-8-13(10-21(14)15)18-16(22)17-12-6-4-3-5-7-12/h3-7,11,13H,8-10H2,1-2H3,(H2,17,18,22)/t13-/m1/s1. The Morgan fingerprint density at radius 3 is 2.77 bits per heavy atom. The number of aryl methyl sites for hydroxylation is 1. The minimum absolute atomic E-state index is 0.102. The Hall–Kier alpha value is -2.37. The second-order valence-corrected chi connectivity index (χ2v) is 5.94. The molecule has 1 aliphatic heterocycles. The van der Waals surface area contributed by atoms with E-state index in [1.165, 1.54) is 0 Å². The van der Waals surface area contributed by atoms with Crippen LogP contribution in [0.3, 0.4) is 0 Å². The summed E-state index contributed by atoms with van der Waals surface area (Å²) in [6.07, 6.45) is 1.73. The summed E-state index contributed by atoms with van der Waals surface area (Å²) in [6.45, 7) is 4.95. The molecule has 6 heteroatoms. The molecule has 116 valence electrons. The lowest BCUT2D eigenvalue weighted by molar-refractivity contribution is 0.244. The predicted octanol–water partition coefficient (Wildman–Crippen LogP) is 2.54. The molecule has 0 unspecified atom stereocenters. The van der Waals surface area contributed by atoms with Gasteiger partial charge in [-0.25, -0.2) is 4.79 Å². The number of carbonyl (C=O) groups excluding carboxylic acids is 1. The van der Waals surface area contributed by atoms with E-state index in [0.717, 1.165) is 36.7 Å². The Morgan fingerprint density at radius 2 is 2.05 bits per heavy atom. The van der Waals surface area contributed by atoms with Crippen molar-refractivity contribution >= 4 is 11.7 Å². The Bertz CT molecular complexity index is 650. The fourth-order valence-corrected chi connectivity index (χ4v) is 2.77. The first-order valence-corrected chi connectivity index (χ1v) is 7.68. The molecule has 0 bridgehead atoms. The van der Waals surface area contributed by atoms with Crippen molar-refractivity contribution in [1.82, 2.24) is 20.1 Å². The van der Waals surface area contributed by atoms with E-state index in [9.17, 15) is 4.79 Å². The van der Waals surface area contributed by atoms with Crippen LogP contribution in [-0.4, -0.2) is 26.8 Å². The fraction of sp³-hybridized carbons (Fsp3) is 0.438. The summed E-state index contributed by atoms with van der Waals surface area (Å²) in [5.74, 6) is 2.34. The van der Waals surface area contributed by atoms with E-state index in [4.69, 9.17) is 0 Å². The lowest BCUT2D eigenvalue weighted by atomic mass is 10.1. The van der Waals surface area contributed by atoms with Gasteiger partial charge in [0.1, 0.15) is 11.6 Å². The molecule has 1 aromatic heterocycles. The summed E-state index contributed by atoms with van der Waals surface area (Å²) in [5, 5.41) is 14.4. The molecule has 2 heterocycles. The third-order valence-electron chi connectivity index (χ3n) is 3.86. The first-order valence-electron chi connectivity index (χ1n) is 7.68. The number of nitrogens with zero attached hydrogens (tertiary/aromatic N) is 3. The van der Waals surface area contributed by atoms with Gasteiger partial charge >= 0.3 is 6.03 Å². The largest absolute Gasteiger partial charge is 0.333 e. The van der Waals surface area contributed by atoms with Crippen molar-refractivity contribution < 1.29 is 4.79 Å². The highest BCUT2D eigenvalue weighted by atomic mass is 16.2. The van der Waals surface area contributed by atoms with Crippen LogP contribution >= 0.6 is 0 Å². The Labute approximate surface area is 129 Å². The van der Waals surface area contributed by atoms with Gasteiger partial charge in [0.15, 0.2) is 0 Å². The third-order valence-corrected chi connectivity index (χ3v) is 3.86. The van der Waals surface area contributed by atoms with Gasteiger partial charge in [-0.2, -0.15) is 0 Å². The first kappa shape index (κ1) is 14.6. The molecule has 2 amide bonds. The lowest BCUT2D eigenvalue weighted by Crippen LogP contribution is -2.43. The smallest absolute Gasteiger partial charge is 0.319 e. The molecular weight excluding hydrogens is 278 g/mol. The van der Waals surface area contributed by atoms with Crippen molar-refractivity contribution in [2.24, 2.45) is 0 Å². The molecule has 1 aliphatic rings. The number of hydrogen-bond acceptors (Lipinski definition) is 3. The van der Waals surface area contributed by atoms with Crippen molar-refractivity contribution in [3.05, 3.63) is 42.0 Å². The number of carbonyl (C=O) groups is 1. The van der Waals surface area contributed by atoms with Crippen molar-refractivity contribution in [3.63, 3.8) is 0 Å². The first-order chi connectivity index (χ1) is 10.6. The fourth-order valence-electron chi connectivity index (χ4n) is 2.77. The monoisotopic (exact) mass is 299 g/mol. The van der Waals surface area contributed by atoms with Gasteiger partial charge in [-0.3, -0.25) is 0 Å². The van der Waals surface area contributed by atoms with Gasteiger partial charge < -0.3 is 15.2 Å². The summed E-state index contributed by atoms with van der Waals surface area (Å²) in [5.41, 5.74) is 0.795. The maximum absolute atomic E-state index is 12.1. The summed E-state index contributed by atoms with van der Waals surface area (Å²) < 4.78 is 2.14. The molecule has 2 aromatic rings. The van der Waals surface area contributed by atoms with E-state index in [-0.39, 0.29) is 12.1 Å².